The molecule has 1 atom stereocenters. The number of carbonyl (C=O) groups excluding carboxylic acids is 2. The number of thioether (sulfide) groups is 1. The Kier molecular flexibility index (Phi) is 7.71. The Morgan fingerprint density at radius 1 is 0.970 bits per heavy atom. The van der Waals surface area contributed by atoms with Gasteiger partial charge in [-0.3, -0.25) is 9.59 Å². The van der Waals surface area contributed by atoms with Gasteiger partial charge in [0.05, 0.1) is 16.5 Å². The molecule has 0 aliphatic heterocycles. The van der Waals surface area contributed by atoms with Gasteiger partial charge >= 0.3 is 6.18 Å². The number of amides is 2. The molecule has 3 rings (SSSR count). The molecule has 0 saturated heterocycles. The van der Waals surface area contributed by atoms with Crippen LogP contribution in [0.3, 0.4) is 0 Å². The largest absolute Gasteiger partial charge is 0.418 e. The van der Waals surface area contributed by atoms with Crippen molar-refractivity contribution in [1.29, 1.82) is 0 Å². The highest BCUT2D eigenvalue weighted by atomic mass is 35.5. The first-order valence-electron chi connectivity index (χ1n) is 9.85. The average molecular weight is 493 g/mol. The number of halogens is 4. The summed E-state index contributed by atoms with van der Waals surface area (Å²) in [4.78, 5) is 25.7. The van der Waals surface area contributed by atoms with Gasteiger partial charge in [0.25, 0.3) is 5.91 Å². The van der Waals surface area contributed by atoms with E-state index in [2.05, 4.69) is 10.6 Å². The average Bonchev–Trinajstić information content (AvgIpc) is 2.74. The van der Waals surface area contributed by atoms with Crippen LogP contribution in [0.4, 0.5) is 24.5 Å². The summed E-state index contributed by atoms with van der Waals surface area (Å²) in [5, 5.41) is 4.36. The van der Waals surface area contributed by atoms with E-state index in [1.54, 1.807) is 49.4 Å². The number of carbonyl (C=O) groups is 2. The molecule has 0 aliphatic carbocycles. The Bertz CT molecular complexity index is 1180. The number of anilines is 2. The zero-order valence-electron chi connectivity index (χ0n) is 17.7. The Labute approximate surface area is 198 Å². The van der Waals surface area contributed by atoms with Crippen LogP contribution in [-0.2, 0) is 11.0 Å². The third kappa shape index (κ3) is 6.76. The molecule has 172 valence electrons. The number of hydrogen-bond acceptors (Lipinski definition) is 3. The summed E-state index contributed by atoms with van der Waals surface area (Å²) in [6, 6.07) is 17.2. The van der Waals surface area contributed by atoms with Crippen LogP contribution in [0.1, 0.15) is 28.4 Å². The molecular formula is C24H20ClF3N2O2S. The second-order valence-electron chi connectivity index (χ2n) is 7.29. The molecule has 4 nitrogen and oxygen atoms in total. The zero-order chi connectivity index (χ0) is 24.2. The van der Waals surface area contributed by atoms with E-state index in [9.17, 15) is 22.8 Å². The molecule has 1 unspecified atom stereocenters. The smallest absolute Gasteiger partial charge is 0.325 e. The molecule has 0 aliphatic rings. The fraction of sp³-hybridized carbons (Fsp3) is 0.167. The molecule has 0 fully saturated rings. The number of hydrogen-bond donors (Lipinski definition) is 2. The molecular weight excluding hydrogens is 473 g/mol. The van der Waals surface area contributed by atoms with Crippen molar-refractivity contribution in [3.8, 4) is 0 Å². The van der Waals surface area contributed by atoms with Gasteiger partial charge in [-0.25, -0.2) is 0 Å². The van der Waals surface area contributed by atoms with Gasteiger partial charge in [-0.2, -0.15) is 13.2 Å². The van der Waals surface area contributed by atoms with Crippen LogP contribution in [0.25, 0.3) is 0 Å². The summed E-state index contributed by atoms with van der Waals surface area (Å²) < 4.78 is 39.8. The van der Waals surface area contributed by atoms with Gasteiger partial charge in [-0.1, -0.05) is 35.4 Å². The number of benzene rings is 3. The van der Waals surface area contributed by atoms with Gasteiger partial charge in [0.2, 0.25) is 5.91 Å². The Morgan fingerprint density at radius 2 is 1.70 bits per heavy atom. The Hall–Kier alpha value is -2.97. The number of nitrogens with one attached hydrogen (secondary N) is 2. The van der Waals surface area contributed by atoms with Gasteiger partial charge in [0.15, 0.2) is 0 Å². The van der Waals surface area contributed by atoms with Gasteiger partial charge in [-0.05, 0) is 62.4 Å². The van der Waals surface area contributed by atoms with Gasteiger partial charge < -0.3 is 10.6 Å². The van der Waals surface area contributed by atoms with Crippen LogP contribution in [0.15, 0.2) is 71.6 Å². The number of rotatable bonds is 6. The highest BCUT2D eigenvalue weighted by Gasteiger charge is 2.34. The quantitative estimate of drug-likeness (QED) is 0.363. The molecule has 0 heterocycles. The maximum absolute atomic E-state index is 13.3. The van der Waals surface area contributed by atoms with Crippen LogP contribution < -0.4 is 10.6 Å². The molecule has 0 spiro atoms. The highest BCUT2D eigenvalue weighted by Crippen LogP contribution is 2.37. The van der Waals surface area contributed by atoms with Crippen molar-refractivity contribution < 1.29 is 22.8 Å². The lowest BCUT2D eigenvalue weighted by molar-refractivity contribution is -0.137. The number of aryl methyl sites for hydroxylation is 1. The lowest BCUT2D eigenvalue weighted by Crippen LogP contribution is -2.24. The standard InChI is InChI=1S/C24H20ClF3N2O2S/c1-14-5-3-6-16(11-14)23(32)29-18-7-4-8-19(13-18)33-15(2)22(31)30-21-10-9-17(25)12-20(21)24(26,27)28/h3-13,15H,1-2H3,(H,29,32)(H,30,31). The summed E-state index contributed by atoms with van der Waals surface area (Å²) in [7, 11) is 0. The van der Waals surface area contributed by atoms with Crippen molar-refractivity contribution in [3.63, 3.8) is 0 Å². The molecule has 9 heteroatoms. The second kappa shape index (κ2) is 10.3. The molecule has 0 bridgehead atoms. The molecule has 0 aromatic heterocycles. The van der Waals surface area contributed by atoms with Crippen LogP contribution in [0.5, 0.6) is 0 Å². The summed E-state index contributed by atoms with van der Waals surface area (Å²) in [5.74, 6) is -0.865. The van der Waals surface area contributed by atoms with E-state index in [1.165, 1.54) is 6.07 Å². The molecule has 2 amide bonds. The first-order chi connectivity index (χ1) is 15.5. The third-order valence-corrected chi connectivity index (χ3v) is 5.93. The van der Waals surface area contributed by atoms with Gasteiger partial charge in [0.1, 0.15) is 0 Å². The second-order valence-corrected chi connectivity index (χ2v) is 9.14. The van der Waals surface area contributed by atoms with E-state index in [-0.39, 0.29) is 16.6 Å². The van der Waals surface area contributed by atoms with Crippen molar-refractivity contribution in [3.05, 3.63) is 88.4 Å². The SMILES string of the molecule is Cc1cccc(C(=O)Nc2cccc(SC(C)C(=O)Nc3ccc(Cl)cc3C(F)(F)F)c2)c1. The normalized spacial score (nSPS) is 12.2. The first kappa shape index (κ1) is 24.7. The molecule has 2 N–H and O–H groups in total. The fourth-order valence-corrected chi connectivity index (χ4v) is 4.09. The molecule has 33 heavy (non-hydrogen) atoms. The van der Waals surface area contributed by atoms with Crippen molar-refractivity contribution in [2.24, 2.45) is 0 Å². The maximum atomic E-state index is 13.3. The maximum Gasteiger partial charge on any atom is 0.418 e. The first-order valence-corrected chi connectivity index (χ1v) is 11.1. The third-order valence-electron chi connectivity index (χ3n) is 4.60. The van der Waals surface area contributed by atoms with Crippen LogP contribution >= 0.6 is 23.4 Å². The van der Waals surface area contributed by atoms with Crippen molar-refractivity contribution in [2.75, 3.05) is 10.6 Å². The molecule has 0 saturated carbocycles. The van der Waals surface area contributed by atoms with Gasteiger partial charge in [-0.15, -0.1) is 11.8 Å². The summed E-state index contributed by atoms with van der Waals surface area (Å²) in [6.45, 7) is 3.48. The van der Waals surface area contributed by atoms with E-state index in [0.29, 0.717) is 16.1 Å². The zero-order valence-corrected chi connectivity index (χ0v) is 19.2. The van der Waals surface area contributed by atoms with E-state index in [1.807, 2.05) is 13.0 Å². The van der Waals surface area contributed by atoms with Crippen LogP contribution in [-0.4, -0.2) is 17.1 Å². The predicted molar refractivity (Wildman–Crippen MR) is 126 cm³/mol. The van der Waals surface area contributed by atoms with E-state index in [4.69, 9.17) is 11.6 Å². The van der Waals surface area contributed by atoms with E-state index >= 15 is 0 Å². The van der Waals surface area contributed by atoms with E-state index < -0.39 is 22.9 Å². The van der Waals surface area contributed by atoms with E-state index in [0.717, 1.165) is 29.5 Å². The summed E-state index contributed by atoms with van der Waals surface area (Å²) in [5.41, 5.74) is 0.645. The monoisotopic (exact) mass is 492 g/mol. The molecule has 0 radical (unpaired) electrons. The van der Waals surface area contributed by atoms with Crippen molar-refractivity contribution >= 4 is 46.6 Å². The molecule has 3 aromatic rings. The van der Waals surface area contributed by atoms with Crippen molar-refractivity contribution in [1.82, 2.24) is 0 Å². The topological polar surface area (TPSA) is 58.2 Å². The summed E-state index contributed by atoms with van der Waals surface area (Å²) >= 11 is 6.84. The van der Waals surface area contributed by atoms with Crippen LogP contribution in [0.2, 0.25) is 5.02 Å². The predicted octanol–water partition coefficient (Wildman–Crippen LogP) is 7.04. The lowest BCUT2D eigenvalue weighted by atomic mass is 10.1. The minimum atomic E-state index is -4.66. The minimum absolute atomic E-state index is 0.0766. The lowest BCUT2D eigenvalue weighted by Gasteiger charge is -2.17. The van der Waals surface area contributed by atoms with Crippen LogP contribution in [0, 0.1) is 6.92 Å². The Morgan fingerprint density at radius 3 is 2.39 bits per heavy atom. The molecule has 3 aromatic carbocycles. The Balaban J connectivity index is 1.68. The van der Waals surface area contributed by atoms with Gasteiger partial charge in [0, 0.05) is 21.2 Å². The van der Waals surface area contributed by atoms with Crippen molar-refractivity contribution in [2.45, 2.75) is 30.2 Å². The minimum Gasteiger partial charge on any atom is -0.325 e. The highest BCUT2D eigenvalue weighted by molar-refractivity contribution is 8.00. The number of alkyl halides is 3. The summed E-state index contributed by atoms with van der Waals surface area (Å²) in [6.07, 6.45) is -4.66. The fourth-order valence-electron chi connectivity index (χ4n) is 2.99.